The summed E-state index contributed by atoms with van der Waals surface area (Å²) in [4.78, 5) is 13.1. The molecule has 28 heavy (non-hydrogen) atoms. The molecule has 0 aromatic heterocycles. The lowest BCUT2D eigenvalue weighted by Crippen LogP contribution is -2.66. The van der Waals surface area contributed by atoms with Crippen LogP contribution in [0.2, 0.25) is 5.02 Å². The van der Waals surface area contributed by atoms with Crippen LogP contribution in [0, 0.1) is 5.41 Å². The first-order valence-corrected chi connectivity index (χ1v) is 10.4. The molecule has 2 fully saturated rings. The zero-order chi connectivity index (χ0) is 20.1. The van der Waals surface area contributed by atoms with Gasteiger partial charge >= 0.3 is 0 Å². The summed E-state index contributed by atoms with van der Waals surface area (Å²) in [6.07, 6.45) is 2.34. The zero-order valence-electron chi connectivity index (χ0n) is 16.3. The minimum Gasteiger partial charge on any atom is -0.508 e. The molecule has 0 radical (unpaired) electrons. The van der Waals surface area contributed by atoms with Crippen LogP contribution in [0.25, 0.3) is 0 Å². The Hall–Kier alpha value is -2.04. The molecule has 2 aromatic carbocycles. The number of carbonyl (C=O) groups is 1. The maximum absolute atomic E-state index is 13.1. The highest BCUT2D eigenvalue weighted by atomic mass is 35.5. The van der Waals surface area contributed by atoms with Gasteiger partial charge in [0.25, 0.3) is 0 Å². The number of fused-ring (bicyclic) bond motifs is 1. The fraction of sp³-hybridized carbons (Fsp3) is 0.435. The number of rotatable bonds is 3. The molecule has 5 atom stereocenters. The third-order valence-electron chi connectivity index (χ3n) is 7.28. The number of hydrogen-bond donors (Lipinski definition) is 3. The van der Waals surface area contributed by atoms with E-state index in [0.717, 1.165) is 24.0 Å². The zero-order valence-corrected chi connectivity index (χ0v) is 17.0. The first-order chi connectivity index (χ1) is 13.3. The molecule has 4 rings (SSSR count). The predicted octanol–water partition coefficient (Wildman–Crippen LogP) is 4.32. The van der Waals surface area contributed by atoms with Crippen molar-refractivity contribution in [2.45, 2.75) is 56.5 Å². The lowest BCUT2D eigenvalue weighted by atomic mass is 9.50. The van der Waals surface area contributed by atoms with E-state index in [4.69, 9.17) is 17.3 Å². The number of benzene rings is 2. The van der Waals surface area contributed by atoms with Gasteiger partial charge < -0.3 is 16.2 Å². The number of aromatic hydroxyl groups is 1. The fourth-order valence-electron chi connectivity index (χ4n) is 5.77. The molecule has 1 saturated carbocycles. The Morgan fingerprint density at radius 3 is 2.36 bits per heavy atom. The van der Waals surface area contributed by atoms with Gasteiger partial charge in [-0.15, -0.1) is 0 Å². The summed E-state index contributed by atoms with van der Waals surface area (Å²) < 4.78 is 0. The van der Waals surface area contributed by atoms with E-state index in [9.17, 15) is 9.90 Å². The third-order valence-corrected chi connectivity index (χ3v) is 7.53. The first-order valence-electron chi connectivity index (χ1n) is 9.97. The topological polar surface area (TPSA) is 75.3 Å². The van der Waals surface area contributed by atoms with E-state index in [-0.39, 0.29) is 29.5 Å². The third kappa shape index (κ3) is 2.58. The van der Waals surface area contributed by atoms with Crippen molar-refractivity contribution in [3.05, 3.63) is 64.7 Å². The van der Waals surface area contributed by atoms with Gasteiger partial charge in [-0.1, -0.05) is 42.8 Å². The SMILES string of the molecule is CC[C@@]12CC[C@@H](c3ccc(O)cc3)[C@H](c3ccc(Cl)cc3)C1(N)[C@@H](C)NC2=O. The highest BCUT2D eigenvalue weighted by Gasteiger charge is 2.67. The number of phenolic OH excluding ortho intramolecular Hbond substituents is 1. The number of halogens is 1. The van der Waals surface area contributed by atoms with E-state index >= 15 is 0 Å². The van der Waals surface area contributed by atoms with Crippen LogP contribution in [0.5, 0.6) is 5.75 Å². The normalized spacial score (nSPS) is 34.7. The second-order valence-corrected chi connectivity index (χ2v) is 8.77. The Morgan fingerprint density at radius 1 is 1.14 bits per heavy atom. The van der Waals surface area contributed by atoms with E-state index in [1.165, 1.54) is 0 Å². The van der Waals surface area contributed by atoms with Crippen molar-refractivity contribution < 1.29 is 9.90 Å². The summed E-state index contributed by atoms with van der Waals surface area (Å²) in [6, 6.07) is 15.1. The maximum Gasteiger partial charge on any atom is 0.228 e. The van der Waals surface area contributed by atoms with Crippen molar-refractivity contribution >= 4 is 17.5 Å². The molecule has 1 heterocycles. The largest absolute Gasteiger partial charge is 0.508 e. The molecular weight excluding hydrogens is 372 g/mol. The van der Waals surface area contributed by atoms with E-state index in [0.29, 0.717) is 11.4 Å². The number of phenols is 1. The van der Waals surface area contributed by atoms with Crippen LogP contribution in [0.1, 0.15) is 56.1 Å². The van der Waals surface area contributed by atoms with Gasteiger partial charge in [0, 0.05) is 17.0 Å². The molecule has 2 aromatic rings. The summed E-state index contributed by atoms with van der Waals surface area (Å²) in [5, 5.41) is 13.6. The van der Waals surface area contributed by atoms with Gasteiger partial charge in [-0.2, -0.15) is 0 Å². The number of amides is 1. The molecule has 0 spiro atoms. The molecule has 1 aliphatic heterocycles. The summed E-state index contributed by atoms with van der Waals surface area (Å²) in [7, 11) is 0. The minimum absolute atomic E-state index is 0.0445. The van der Waals surface area contributed by atoms with E-state index < -0.39 is 11.0 Å². The highest BCUT2D eigenvalue weighted by Crippen LogP contribution is 2.61. The molecule has 0 bridgehead atoms. The number of nitrogens with two attached hydrogens (primary N) is 1. The van der Waals surface area contributed by atoms with Gasteiger partial charge in [-0.05, 0) is 67.5 Å². The van der Waals surface area contributed by atoms with Crippen LogP contribution in [0.4, 0.5) is 0 Å². The second kappa shape index (κ2) is 6.78. The minimum atomic E-state index is -0.715. The monoisotopic (exact) mass is 398 g/mol. The van der Waals surface area contributed by atoms with Gasteiger partial charge in [0.15, 0.2) is 0 Å². The summed E-state index contributed by atoms with van der Waals surface area (Å²) >= 11 is 6.15. The fourth-order valence-corrected chi connectivity index (χ4v) is 5.89. The molecule has 5 heteroatoms. The average molecular weight is 399 g/mol. The molecule has 1 aliphatic carbocycles. The predicted molar refractivity (Wildman–Crippen MR) is 112 cm³/mol. The molecular formula is C23H27ClN2O2. The Bertz CT molecular complexity index is 882. The Kier molecular flexibility index (Phi) is 4.67. The van der Waals surface area contributed by atoms with Crippen LogP contribution in [-0.4, -0.2) is 22.6 Å². The van der Waals surface area contributed by atoms with Crippen molar-refractivity contribution in [1.29, 1.82) is 0 Å². The lowest BCUT2D eigenvalue weighted by molar-refractivity contribution is -0.132. The van der Waals surface area contributed by atoms with Gasteiger partial charge in [0.2, 0.25) is 5.91 Å². The van der Waals surface area contributed by atoms with Crippen LogP contribution >= 0.6 is 11.6 Å². The van der Waals surface area contributed by atoms with Gasteiger partial charge in [-0.3, -0.25) is 4.79 Å². The van der Waals surface area contributed by atoms with Crippen LogP contribution in [-0.2, 0) is 4.79 Å². The first kappa shape index (κ1) is 19.3. The molecule has 4 N–H and O–H groups in total. The van der Waals surface area contributed by atoms with Crippen LogP contribution < -0.4 is 11.1 Å². The van der Waals surface area contributed by atoms with Crippen molar-refractivity contribution in [3.8, 4) is 5.75 Å². The summed E-state index contributed by atoms with van der Waals surface area (Å²) in [5.41, 5.74) is 8.20. The molecule has 2 aliphatic rings. The number of hydrogen-bond acceptors (Lipinski definition) is 3. The summed E-state index contributed by atoms with van der Waals surface area (Å²) in [6.45, 7) is 4.09. The smallest absolute Gasteiger partial charge is 0.228 e. The van der Waals surface area contributed by atoms with Crippen molar-refractivity contribution in [1.82, 2.24) is 5.32 Å². The molecule has 148 valence electrons. The van der Waals surface area contributed by atoms with Crippen LogP contribution in [0.3, 0.4) is 0 Å². The Balaban J connectivity index is 1.91. The van der Waals surface area contributed by atoms with E-state index in [1.807, 2.05) is 43.3 Å². The van der Waals surface area contributed by atoms with E-state index in [2.05, 4.69) is 12.2 Å². The average Bonchev–Trinajstić information content (AvgIpc) is 2.89. The quantitative estimate of drug-likeness (QED) is 0.720. The molecule has 1 saturated heterocycles. The molecule has 1 unspecified atom stereocenters. The number of nitrogens with one attached hydrogen (secondary N) is 1. The lowest BCUT2D eigenvalue weighted by Gasteiger charge is -2.54. The Morgan fingerprint density at radius 2 is 1.75 bits per heavy atom. The maximum atomic E-state index is 13.1. The van der Waals surface area contributed by atoms with Gasteiger partial charge in [0.05, 0.1) is 11.0 Å². The van der Waals surface area contributed by atoms with E-state index in [1.54, 1.807) is 12.1 Å². The Labute approximate surface area is 171 Å². The summed E-state index contributed by atoms with van der Waals surface area (Å²) in [5.74, 6) is 0.436. The number of carbonyl (C=O) groups excluding carboxylic acids is 1. The van der Waals surface area contributed by atoms with Gasteiger partial charge in [-0.25, -0.2) is 0 Å². The van der Waals surface area contributed by atoms with Crippen LogP contribution in [0.15, 0.2) is 48.5 Å². The molecule has 1 amide bonds. The highest BCUT2D eigenvalue weighted by molar-refractivity contribution is 6.30. The molecule has 4 nitrogen and oxygen atoms in total. The van der Waals surface area contributed by atoms with Crippen molar-refractivity contribution in [2.75, 3.05) is 0 Å². The van der Waals surface area contributed by atoms with Crippen molar-refractivity contribution in [2.24, 2.45) is 11.1 Å². The van der Waals surface area contributed by atoms with Crippen molar-refractivity contribution in [3.63, 3.8) is 0 Å². The second-order valence-electron chi connectivity index (χ2n) is 8.33. The standard InChI is InChI=1S/C23H27ClN2O2/c1-3-22-13-12-19(15-6-10-18(27)11-7-15)20(16-4-8-17(24)9-5-16)23(22,25)14(2)26-21(22)28/h4-11,14,19-20,27H,3,12-13,25H2,1-2H3,(H,26,28)/t14-,19+,20+,22+,23?/m1/s1. The van der Waals surface area contributed by atoms with Gasteiger partial charge in [0.1, 0.15) is 5.75 Å².